The molecule has 1 atom stereocenters. The molecule has 3 N–H and O–H groups in total. The largest absolute Gasteiger partial charge is 0.302 e. The molecule has 0 aliphatic heterocycles. The van der Waals surface area contributed by atoms with Crippen LogP contribution < -0.4 is 11.3 Å². The van der Waals surface area contributed by atoms with Crippen LogP contribution in [0.3, 0.4) is 0 Å². The predicted molar refractivity (Wildman–Crippen MR) is 87.2 cm³/mol. The molecular weight excluding hydrogens is 286 g/mol. The smallest absolute Gasteiger partial charge is 0.0835 e. The summed E-state index contributed by atoms with van der Waals surface area (Å²) in [7, 11) is 4.28. The Morgan fingerprint density at radius 3 is 2.43 bits per heavy atom. The van der Waals surface area contributed by atoms with Crippen molar-refractivity contribution in [1.29, 1.82) is 0 Å². The second kappa shape index (κ2) is 6.65. The van der Waals surface area contributed by atoms with Gasteiger partial charge in [0.1, 0.15) is 0 Å². The first-order valence-corrected chi connectivity index (χ1v) is 8.18. The molecule has 1 aromatic heterocycles. The molecule has 1 saturated carbocycles. The van der Waals surface area contributed by atoms with Crippen LogP contribution in [-0.4, -0.2) is 34.3 Å². The Bertz CT molecular complexity index is 463. The minimum atomic E-state index is -0.0230. The lowest BCUT2D eigenvalue weighted by atomic mass is 9.74. The van der Waals surface area contributed by atoms with Gasteiger partial charge in [-0.2, -0.15) is 5.10 Å². The molecule has 0 spiro atoms. The van der Waals surface area contributed by atoms with E-state index in [4.69, 9.17) is 17.4 Å². The summed E-state index contributed by atoms with van der Waals surface area (Å²) in [6.45, 7) is 4.23. The number of rotatable bonds is 5. The number of hydrogen-bond acceptors (Lipinski definition) is 4. The molecule has 0 saturated heterocycles. The van der Waals surface area contributed by atoms with Gasteiger partial charge in [0.05, 0.1) is 23.0 Å². The summed E-state index contributed by atoms with van der Waals surface area (Å²) in [5.41, 5.74) is 4.04. The van der Waals surface area contributed by atoms with E-state index in [2.05, 4.69) is 43.4 Å². The van der Waals surface area contributed by atoms with Crippen LogP contribution in [0.15, 0.2) is 6.20 Å². The minimum Gasteiger partial charge on any atom is -0.302 e. The fourth-order valence-corrected chi connectivity index (χ4v) is 3.92. The summed E-state index contributed by atoms with van der Waals surface area (Å²) in [6.07, 6.45) is 7.72. The molecule has 120 valence electrons. The summed E-state index contributed by atoms with van der Waals surface area (Å²) >= 11 is 6.45. The molecule has 1 aliphatic carbocycles. The van der Waals surface area contributed by atoms with Crippen molar-refractivity contribution >= 4 is 11.6 Å². The molecule has 1 unspecified atom stereocenters. The van der Waals surface area contributed by atoms with Gasteiger partial charge in [0.2, 0.25) is 0 Å². The number of halogens is 1. The van der Waals surface area contributed by atoms with Gasteiger partial charge < -0.3 is 4.90 Å². The van der Waals surface area contributed by atoms with Gasteiger partial charge in [-0.1, -0.05) is 30.9 Å². The van der Waals surface area contributed by atoms with E-state index in [-0.39, 0.29) is 17.6 Å². The molecule has 0 bridgehead atoms. The van der Waals surface area contributed by atoms with Crippen molar-refractivity contribution in [2.75, 3.05) is 14.1 Å². The van der Waals surface area contributed by atoms with Crippen LogP contribution in [0.5, 0.6) is 0 Å². The molecule has 5 nitrogen and oxygen atoms in total. The van der Waals surface area contributed by atoms with Gasteiger partial charge in [0.15, 0.2) is 0 Å². The van der Waals surface area contributed by atoms with Gasteiger partial charge in [-0.25, -0.2) is 5.43 Å². The predicted octanol–water partition coefficient (Wildman–Crippen LogP) is 2.89. The van der Waals surface area contributed by atoms with Crippen LogP contribution in [0.1, 0.15) is 63.7 Å². The monoisotopic (exact) mass is 313 g/mol. The summed E-state index contributed by atoms with van der Waals surface area (Å²) in [4.78, 5) is 2.31. The summed E-state index contributed by atoms with van der Waals surface area (Å²) < 4.78 is 1.99. The van der Waals surface area contributed by atoms with Crippen LogP contribution in [-0.2, 0) is 0 Å². The Morgan fingerprint density at radius 1 is 1.33 bits per heavy atom. The molecule has 0 amide bonds. The second-order valence-electron chi connectivity index (χ2n) is 6.57. The van der Waals surface area contributed by atoms with E-state index >= 15 is 0 Å². The first-order valence-electron chi connectivity index (χ1n) is 7.80. The highest BCUT2D eigenvalue weighted by molar-refractivity contribution is 6.31. The average Bonchev–Trinajstić information content (AvgIpc) is 2.83. The van der Waals surface area contributed by atoms with E-state index in [0.29, 0.717) is 5.02 Å². The van der Waals surface area contributed by atoms with Crippen molar-refractivity contribution < 1.29 is 0 Å². The van der Waals surface area contributed by atoms with E-state index in [1.54, 1.807) is 6.20 Å². The Hall–Kier alpha value is -0.620. The highest BCUT2D eigenvalue weighted by atomic mass is 35.5. The van der Waals surface area contributed by atoms with Crippen LogP contribution in [0.4, 0.5) is 0 Å². The maximum atomic E-state index is 6.45. The topological polar surface area (TPSA) is 59.1 Å². The number of likely N-dealkylation sites (N-methyl/N-ethyl adjacent to an activating group) is 1. The number of hydrazine groups is 1. The van der Waals surface area contributed by atoms with Gasteiger partial charge in [0.25, 0.3) is 0 Å². The Labute approximate surface area is 132 Å². The number of nitrogens with one attached hydrogen (secondary N) is 1. The van der Waals surface area contributed by atoms with E-state index in [1.807, 2.05) is 4.68 Å². The first-order chi connectivity index (χ1) is 9.94. The van der Waals surface area contributed by atoms with E-state index in [1.165, 1.54) is 19.3 Å². The lowest BCUT2D eigenvalue weighted by Crippen LogP contribution is -2.57. The van der Waals surface area contributed by atoms with Crippen molar-refractivity contribution in [3.05, 3.63) is 16.9 Å². The van der Waals surface area contributed by atoms with Gasteiger partial charge in [-0.15, -0.1) is 0 Å². The van der Waals surface area contributed by atoms with E-state index in [0.717, 1.165) is 18.5 Å². The molecule has 0 aromatic carbocycles. The SMILES string of the molecule is CC(C)n1ncc(Cl)c1C(NN)C1(N(C)C)CCCCC1. The summed E-state index contributed by atoms with van der Waals surface area (Å²) in [5, 5.41) is 5.13. The normalized spacial score (nSPS) is 20.2. The van der Waals surface area contributed by atoms with Crippen molar-refractivity contribution in [2.24, 2.45) is 5.84 Å². The summed E-state index contributed by atoms with van der Waals surface area (Å²) in [5.74, 6) is 5.98. The molecule has 1 aromatic rings. The van der Waals surface area contributed by atoms with Crippen LogP contribution in [0.2, 0.25) is 5.02 Å². The Balaban J connectivity index is 2.49. The van der Waals surface area contributed by atoms with Crippen LogP contribution in [0, 0.1) is 0 Å². The third-order valence-electron chi connectivity index (χ3n) is 4.86. The van der Waals surface area contributed by atoms with E-state index < -0.39 is 0 Å². The fraction of sp³-hybridized carbons (Fsp3) is 0.800. The quantitative estimate of drug-likeness (QED) is 0.648. The maximum absolute atomic E-state index is 6.45. The molecule has 2 rings (SSSR count). The van der Waals surface area contributed by atoms with Crippen LogP contribution >= 0.6 is 11.6 Å². The summed E-state index contributed by atoms with van der Waals surface area (Å²) in [6, 6.07) is 0.233. The van der Waals surface area contributed by atoms with Crippen molar-refractivity contribution in [2.45, 2.75) is 63.6 Å². The van der Waals surface area contributed by atoms with Crippen LogP contribution in [0.25, 0.3) is 0 Å². The fourth-order valence-electron chi connectivity index (χ4n) is 3.68. The molecular formula is C15H28ClN5. The zero-order valence-electron chi connectivity index (χ0n) is 13.6. The van der Waals surface area contributed by atoms with Crippen molar-refractivity contribution in [3.8, 4) is 0 Å². The molecule has 1 fully saturated rings. The minimum absolute atomic E-state index is 0.0106. The highest BCUT2D eigenvalue weighted by Crippen LogP contribution is 2.43. The lowest BCUT2D eigenvalue weighted by molar-refractivity contribution is 0.0525. The number of nitrogens with zero attached hydrogens (tertiary/aromatic N) is 3. The second-order valence-corrected chi connectivity index (χ2v) is 6.98. The molecule has 1 aliphatic rings. The maximum Gasteiger partial charge on any atom is 0.0835 e. The van der Waals surface area contributed by atoms with Gasteiger partial charge >= 0.3 is 0 Å². The lowest BCUT2D eigenvalue weighted by Gasteiger charge is -2.48. The van der Waals surface area contributed by atoms with Gasteiger partial charge in [0, 0.05) is 11.6 Å². The zero-order chi connectivity index (χ0) is 15.6. The van der Waals surface area contributed by atoms with E-state index in [9.17, 15) is 0 Å². The number of hydrogen-bond donors (Lipinski definition) is 2. The average molecular weight is 314 g/mol. The molecule has 6 heteroatoms. The standard InChI is InChI=1S/C15H28ClN5/c1-11(2)21-13(12(16)10-18-21)14(19-17)15(20(3)4)8-6-5-7-9-15/h10-11,14,19H,5-9,17H2,1-4H3. The third-order valence-corrected chi connectivity index (χ3v) is 5.15. The Kier molecular flexibility index (Phi) is 5.30. The molecule has 0 radical (unpaired) electrons. The number of nitrogens with two attached hydrogens (primary N) is 1. The first kappa shape index (κ1) is 16.7. The zero-order valence-corrected chi connectivity index (χ0v) is 14.3. The van der Waals surface area contributed by atoms with Gasteiger partial charge in [-0.05, 0) is 40.8 Å². The Morgan fingerprint density at radius 2 is 1.95 bits per heavy atom. The van der Waals surface area contributed by atoms with Crippen molar-refractivity contribution in [1.82, 2.24) is 20.1 Å². The van der Waals surface area contributed by atoms with Gasteiger partial charge in [-0.3, -0.25) is 10.5 Å². The molecule has 21 heavy (non-hydrogen) atoms. The van der Waals surface area contributed by atoms with Crippen molar-refractivity contribution in [3.63, 3.8) is 0 Å². The highest BCUT2D eigenvalue weighted by Gasteiger charge is 2.44. The number of aromatic nitrogens is 2. The third kappa shape index (κ3) is 2.97. The molecule has 1 heterocycles.